The Hall–Kier alpha value is -2.38. The first-order valence-electron chi connectivity index (χ1n) is 5.40. The summed E-state index contributed by atoms with van der Waals surface area (Å²) in [5.41, 5.74) is 0.136. The molecule has 0 saturated heterocycles. The summed E-state index contributed by atoms with van der Waals surface area (Å²) in [6, 6.07) is 0.237. The summed E-state index contributed by atoms with van der Waals surface area (Å²) in [7, 11) is 1.83. The van der Waals surface area contributed by atoms with Crippen molar-refractivity contribution in [3.63, 3.8) is 0 Å². The number of oxazole rings is 1. The van der Waals surface area contributed by atoms with Crippen molar-refractivity contribution in [2.45, 2.75) is 13.5 Å². The molecule has 0 aliphatic rings. The van der Waals surface area contributed by atoms with Crippen LogP contribution in [0.4, 0.5) is 6.01 Å². The normalized spacial score (nSPS) is 10.3. The molecule has 0 unspecified atom stereocenters. The van der Waals surface area contributed by atoms with Crippen LogP contribution in [-0.2, 0) is 18.3 Å². The van der Waals surface area contributed by atoms with Crippen molar-refractivity contribution in [3.8, 4) is 0 Å². The minimum atomic E-state index is -0.507. The van der Waals surface area contributed by atoms with Gasteiger partial charge in [-0.05, 0) is 6.92 Å². The first-order chi connectivity index (χ1) is 8.70. The summed E-state index contributed by atoms with van der Waals surface area (Å²) in [4.78, 5) is 15.3. The van der Waals surface area contributed by atoms with Crippen molar-refractivity contribution in [1.82, 2.24) is 19.7 Å². The van der Waals surface area contributed by atoms with E-state index in [1.54, 1.807) is 17.8 Å². The van der Waals surface area contributed by atoms with Crippen LogP contribution in [0.3, 0.4) is 0 Å². The van der Waals surface area contributed by atoms with Crippen molar-refractivity contribution >= 4 is 12.0 Å². The third-order valence-electron chi connectivity index (χ3n) is 2.19. The van der Waals surface area contributed by atoms with E-state index in [-0.39, 0.29) is 11.7 Å². The smallest absolute Gasteiger partial charge is 0.360 e. The van der Waals surface area contributed by atoms with Gasteiger partial charge in [0.2, 0.25) is 0 Å². The topological polar surface area (TPSA) is 95.1 Å². The summed E-state index contributed by atoms with van der Waals surface area (Å²) in [5.74, 6) is 0.221. The van der Waals surface area contributed by atoms with Crippen molar-refractivity contribution in [2.75, 3.05) is 11.9 Å². The Labute approximate surface area is 103 Å². The maximum absolute atomic E-state index is 11.3. The lowest BCUT2D eigenvalue weighted by molar-refractivity contribution is 0.0519. The molecule has 0 spiro atoms. The van der Waals surface area contributed by atoms with Gasteiger partial charge in [-0.25, -0.2) is 4.79 Å². The van der Waals surface area contributed by atoms with E-state index in [0.29, 0.717) is 13.2 Å². The third kappa shape index (κ3) is 2.65. The van der Waals surface area contributed by atoms with Gasteiger partial charge in [-0.1, -0.05) is 0 Å². The van der Waals surface area contributed by atoms with Gasteiger partial charge in [0.15, 0.2) is 11.5 Å². The highest BCUT2D eigenvalue weighted by Gasteiger charge is 2.13. The molecule has 2 aromatic heterocycles. The highest BCUT2D eigenvalue weighted by atomic mass is 16.5. The van der Waals surface area contributed by atoms with Crippen LogP contribution in [0.2, 0.25) is 0 Å². The Kier molecular flexibility index (Phi) is 3.56. The van der Waals surface area contributed by atoms with Crippen LogP contribution < -0.4 is 5.32 Å². The number of anilines is 1. The molecular weight excluding hydrogens is 238 g/mol. The molecule has 0 saturated carbocycles. The maximum Gasteiger partial charge on any atom is 0.360 e. The predicted octanol–water partition coefficient (Wildman–Crippen LogP) is 0.592. The van der Waals surface area contributed by atoms with Crippen LogP contribution >= 0.6 is 0 Å². The predicted molar refractivity (Wildman–Crippen MR) is 60.8 cm³/mol. The fourth-order valence-corrected chi connectivity index (χ4v) is 1.28. The molecule has 2 aromatic rings. The average molecular weight is 251 g/mol. The number of esters is 1. The van der Waals surface area contributed by atoms with Crippen LogP contribution in [0.25, 0.3) is 0 Å². The number of hydrogen-bond acceptors (Lipinski definition) is 7. The van der Waals surface area contributed by atoms with E-state index >= 15 is 0 Å². The van der Waals surface area contributed by atoms with E-state index in [0.717, 1.165) is 5.82 Å². The van der Waals surface area contributed by atoms with Gasteiger partial charge in [-0.2, -0.15) is 4.98 Å². The quantitative estimate of drug-likeness (QED) is 0.777. The van der Waals surface area contributed by atoms with Crippen molar-refractivity contribution in [3.05, 3.63) is 24.1 Å². The van der Waals surface area contributed by atoms with Crippen LogP contribution in [0.5, 0.6) is 0 Å². The molecule has 0 aliphatic carbocycles. The molecule has 0 aliphatic heterocycles. The summed E-state index contributed by atoms with van der Waals surface area (Å²) in [6.07, 6.45) is 2.84. The number of aromatic nitrogens is 4. The number of hydrogen-bond donors (Lipinski definition) is 1. The van der Waals surface area contributed by atoms with E-state index in [9.17, 15) is 4.79 Å². The Balaban J connectivity index is 1.95. The molecule has 2 rings (SSSR count). The number of aryl methyl sites for hydroxylation is 1. The summed E-state index contributed by atoms with van der Waals surface area (Å²) >= 11 is 0. The molecule has 0 fully saturated rings. The first-order valence-corrected chi connectivity index (χ1v) is 5.40. The van der Waals surface area contributed by atoms with Crippen LogP contribution in [-0.4, -0.2) is 32.3 Å². The SMILES string of the molecule is CCOC(=O)c1coc(NCc2nncn2C)n1. The Morgan fingerprint density at radius 2 is 2.44 bits per heavy atom. The van der Waals surface area contributed by atoms with Crippen molar-refractivity contribution in [1.29, 1.82) is 0 Å². The summed E-state index contributed by atoms with van der Waals surface area (Å²) in [5, 5.41) is 10.5. The average Bonchev–Trinajstić information content (AvgIpc) is 2.96. The molecule has 96 valence electrons. The van der Waals surface area contributed by atoms with E-state index in [1.165, 1.54) is 6.26 Å². The molecular formula is C10H13N5O3. The molecule has 1 N–H and O–H groups in total. The molecule has 0 bridgehead atoms. The molecule has 0 radical (unpaired) electrons. The zero-order chi connectivity index (χ0) is 13.0. The van der Waals surface area contributed by atoms with E-state index in [2.05, 4.69) is 20.5 Å². The van der Waals surface area contributed by atoms with Crippen LogP contribution in [0.1, 0.15) is 23.2 Å². The molecule has 8 nitrogen and oxygen atoms in total. The van der Waals surface area contributed by atoms with Gasteiger partial charge in [-0.3, -0.25) is 0 Å². The summed E-state index contributed by atoms with van der Waals surface area (Å²) in [6.45, 7) is 2.43. The van der Waals surface area contributed by atoms with Crippen LogP contribution in [0.15, 0.2) is 17.0 Å². The van der Waals surface area contributed by atoms with E-state index in [4.69, 9.17) is 9.15 Å². The standard InChI is InChI=1S/C10H13N5O3/c1-3-17-9(16)7-5-18-10(13-7)11-4-8-14-12-6-15(8)2/h5-6H,3-4H2,1-2H3,(H,11,13). The number of ether oxygens (including phenoxy) is 1. The second-order valence-electron chi connectivity index (χ2n) is 3.47. The van der Waals surface area contributed by atoms with Crippen molar-refractivity contribution < 1.29 is 13.9 Å². The van der Waals surface area contributed by atoms with Gasteiger partial charge in [0, 0.05) is 7.05 Å². The number of rotatable bonds is 5. The maximum atomic E-state index is 11.3. The van der Waals surface area contributed by atoms with Crippen LogP contribution in [0, 0.1) is 0 Å². The molecule has 0 aromatic carbocycles. The minimum absolute atomic E-state index is 0.136. The Morgan fingerprint density at radius 3 is 3.11 bits per heavy atom. The highest BCUT2D eigenvalue weighted by Crippen LogP contribution is 2.09. The molecule has 18 heavy (non-hydrogen) atoms. The largest absolute Gasteiger partial charge is 0.461 e. The van der Waals surface area contributed by atoms with Gasteiger partial charge >= 0.3 is 5.97 Å². The number of nitrogens with zero attached hydrogens (tertiary/aromatic N) is 4. The zero-order valence-corrected chi connectivity index (χ0v) is 10.1. The van der Waals surface area contributed by atoms with Gasteiger partial charge in [0.25, 0.3) is 6.01 Å². The summed E-state index contributed by atoms with van der Waals surface area (Å²) < 4.78 is 11.7. The molecule has 0 atom stereocenters. The second kappa shape index (κ2) is 5.30. The lowest BCUT2D eigenvalue weighted by Gasteiger charge is -2.00. The van der Waals surface area contributed by atoms with Crippen molar-refractivity contribution in [2.24, 2.45) is 7.05 Å². The fraction of sp³-hybridized carbons (Fsp3) is 0.400. The van der Waals surface area contributed by atoms with Gasteiger partial charge in [-0.15, -0.1) is 10.2 Å². The highest BCUT2D eigenvalue weighted by molar-refractivity contribution is 5.87. The second-order valence-corrected chi connectivity index (χ2v) is 3.47. The minimum Gasteiger partial charge on any atom is -0.461 e. The molecule has 8 heteroatoms. The monoisotopic (exact) mass is 251 g/mol. The lowest BCUT2D eigenvalue weighted by Crippen LogP contribution is -2.07. The third-order valence-corrected chi connectivity index (χ3v) is 2.19. The first kappa shape index (κ1) is 12.1. The number of carbonyl (C=O) groups is 1. The fourth-order valence-electron chi connectivity index (χ4n) is 1.28. The Bertz CT molecular complexity index is 533. The zero-order valence-electron chi connectivity index (χ0n) is 10.1. The lowest BCUT2D eigenvalue weighted by atomic mass is 10.5. The Morgan fingerprint density at radius 1 is 1.61 bits per heavy atom. The van der Waals surface area contributed by atoms with Gasteiger partial charge in [0.1, 0.15) is 12.6 Å². The van der Waals surface area contributed by atoms with Gasteiger partial charge < -0.3 is 19.0 Å². The van der Waals surface area contributed by atoms with E-state index in [1.807, 2.05) is 7.05 Å². The molecule has 2 heterocycles. The van der Waals surface area contributed by atoms with E-state index < -0.39 is 5.97 Å². The number of nitrogens with one attached hydrogen (secondary N) is 1. The van der Waals surface area contributed by atoms with Gasteiger partial charge in [0.05, 0.1) is 13.2 Å². The molecule has 0 amide bonds. The number of carbonyl (C=O) groups excluding carboxylic acids is 1.